The van der Waals surface area contributed by atoms with Gasteiger partial charge in [0.1, 0.15) is 5.01 Å². The van der Waals surface area contributed by atoms with Gasteiger partial charge in [-0.15, -0.1) is 10.2 Å². The molecule has 2 amide bonds. The molecule has 8 heteroatoms. The normalized spacial score (nSPS) is 11.1. The summed E-state index contributed by atoms with van der Waals surface area (Å²) in [6, 6.07) is 5.93. The summed E-state index contributed by atoms with van der Waals surface area (Å²) in [5, 5.41) is 23.4. The third-order valence-corrected chi connectivity index (χ3v) is 4.21. The minimum Gasteiger partial charge on any atom is -0.478 e. The van der Waals surface area contributed by atoms with E-state index in [9.17, 15) is 9.59 Å². The van der Waals surface area contributed by atoms with Gasteiger partial charge < -0.3 is 10.4 Å². The first-order valence-corrected chi connectivity index (χ1v) is 7.78. The van der Waals surface area contributed by atoms with Crippen LogP contribution < -0.4 is 10.6 Å². The predicted octanol–water partition coefficient (Wildman–Crippen LogP) is 2.86. The molecule has 0 unspecified atom stereocenters. The third kappa shape index (κ3) is 4.75. The van der Waals surface area contributed by atoms with Crippen molar-refractivity contribution in [3.63, 3.8) is 0 Å². The predicted molar refractivity (Wildman–Crippen MR) is 87.9 cm³/mol. The zero-order valence-corrected chi connectivity index (χ0v) is 13.9. The minimum atomic E-state index is -0.979. The van der Waals surface area contributed by atoms with Crippen molar-refractivity contribution < 1.29 is 14.7 Å². The Balaban J connectivity index is 1.87. The Morgan fingerprint density at radius 1 is 1.17 bits per heavy atom. The molecule has 1 heterocycles. The molecule has 0 bridgehead atoms. The quantitative estimate of drug-likeness (QED) is 0.797. The Bertz CT molecular complexity index is 704. The minimum absolute atomic E-state index is 0.111. The Kier molecular flexibility index (Phi) is 4.95. The molecule has 1 aromatic heterocycles. The largest absolute Gasteiger partial charge is 0.478 e. The van der Waals surface area contributed by atoms with Crippen LogP contribution in [0.2, 0.25) is 0 Å². The first-order valence-electron chi connectivity index (χ1n) is 6.97. The van der Waals surface area contributed by atoms with Crippen LogP contribution in [-0.4, -0.2) is 27.3 Å². The van der Waals surface area contributed by atoms with Gasteiger partial charge in [-0.2, -0.15) is 0 Å². The van der Waals surface area contributed by atoms with E-state index in [2.05, 4.69) is 20.8 Å². The van der Waals surface area contributed by atoms with Gasteiger partial charge >= 0.3 is 12.0 Å². The highest BCUT2D eigenvalue weighted by molar-refractivity contribution is 7.15. The maximum Gasteiger partial charge on any atom is 0.335 e. The Hall–Kier alpha value is -2.48. The first kappa shape index (κ1) is 16.9. The van der Waals surface area contributed by atoms with Gasteiger partial charge in [0.15, 0.2) is 0 Å². The van der Waals surface area contributed by atoms with Crippen LogP contribution in [0.1, 0.15) is 41.7 Å². The maximum atomic E-state index is 11.8. The van der Waals surface area contributed by atoms with Crippen LogP contribution in [0.3, 0.4) is 0 Å². The van der Waals surface area contributed by atoms with Crippen LogP contribution in [0.15, 0.2) is 24.3 Å². The van der Waals surface area contributed by atoms with Gasteiger partial charge in [0.25, 0.3) is 0 Å². The zero-order chi connectivity index (χ0) is 17.0. The van der Waals surface area contributed by atoms with E-state index < -0.39 is 5.97 Å². The SMILES string of the molecule is CC(C)(C)c1nnc(NC(=O)NCc2ccc(C(=O)O)cc2)s1. The fourth-order valence-electron chi connectivity index (χ4n) is 1.67. The molecule has 0 spiro atoms. The number of benzene rings is 1. The number of aromatic nitrogens is 2. The van der Waals surface area contributed by atoms with Crippen LogP contribution in [0.25, 0.3) is 0 Å². The van der Waals surface area contributed by atoms with Crippen molar-refractivity contribution in [2.75, 3.05) is 5.32 Å². The molecule has 0 aliphatic carbocycles. The number of hydrogen-bond acceptors (Lipinski definition) is 5. The number of carbonyl (C=O) groups excluding carboxylic acids is 1. The van der Waals surface area contributed by atoms with Gasteiger partial charge in [0.2, 0.25) is 5.13 Å². The molecular formula is C15H18N4O3S. The zero-order valence-electron chi connectivity index (χ0n) is 13.1. The van der Waals surface area contributed by atoms with E-state index in [-0.39, 0.29) is 23.6 Å². The van der Waals surface area contributed by atoms with E-state index in [0.717, 1.165) is 10.6 Å². The second-order valence-electron chi connectivity index (χ2n) is 5.97. The summed E-state index contributed by atoms with van der Waals surface area (Å²) in [5.41, 5.74) is 0.902. The number of nitrogens with one attached hydrogen (secondary N) is 2. The van der Waals surface area contributed by atoms with E-state index in [1.165, 1.54) is 23.5 Å². The van der Waals surface area contributed by atoms with E-state index in [0.29, 0.717) is 5.13 Å². The smallest absolute Gasteiger partial charge is 0.335 e. The van der Waals surface area contributed by atoms with Crippen molar-refractivity contribution in [2.45, 2.75) is 32.7 Å². The van der Waals surface area contributed by atoms with Crippen molar-refractivity contribution in [1.82, 2.24) is 15.5 Å². The van der Waals surface area contributed by atoms with Crippen molar-refractivity contribution in [3.8, 4) is 0 Å². The summed E-state index contributed by atoms with van der Waals surface area (Å²) < 4.78 is 0. The summed E-state index contributed by atoms with van der Waals surface area (Å²) in [4.78, 5) is 22.6. The number of carboxylic acids is 1. The van der Waals surface area contributed by atoms with Crippen molar-refractivity contribution >= 4 is 28.5 Å². The average Bonchev–Trinajstić information content (AvgIpc) is 2.94. The Labute approximate surface area is 137 Å². The monoisotopic (exact) mass is 334 g/mol. The van der Waals surface area contributed by atoms with Crippen LogP contribution >= 0.6 is 11.3 Å². The lowest BCUT2D eigenvalue weighted by atomic mass is 9.98. The van der Waals surface area contributed by atoms with Crippen LogP contribution in [0.5, 0.6) is 0 Å². The van der Waals surface area contributed by atoms with Crippen LogP contribution in [0.4, 0.5) is 9.93 Å². The molecule has 2 aromatic rings. The maximum absolute atomic E-state index is 11.8. The average molecular weight is 334 g/mol. The molecule has 0 saturated carbocycles. The molecule has 122 valence electrons. The molecule has 0 saturated heterocycles. The van der Waals surface area contributed by atoms with Gasteiger partial charge in [0.05, 0.1) is 5.56 Å². The molecule has 1 aromatic carbocycles. The van der Waals surface area contributed by atoms with E-state index in [4.69, 9.17) is 5.11 Å². The molecule has 0 aliphatic heterocycles. The highest BCUT2D eigenvalue weighted by Gasteiger charge is 2.19. The van der Waals surface area contributed by atoms with Gasteiger partial charge in [-0.1, -0.05) is 44.2 Å². The van der Waals surface area contributed by atoms with Crippen molar-refractivity contribution in [1.29, 1.82) is 0 Å². The van der Waals surface area contributed by atoms with Gasteiger partial charge in [-0.05, 0) is 17.7 Å². The molecular weight excluding hydrogens is 316 g/mol. The standard InChI is InChI=1S/C15H18N4O3S/c1-15(2,3)12-18-19-14(23-12)17-13(22)16-8-9-4-6-10(7-5-9)11(20)21/h4-7H,8H2,1-3H3,(H,20,21)(H2,16,17,19,22). The lowest BCUT2D eigenvalue weighted by molar-refractivity contribution is 0.0697. The first-order chi connectivity index (χ1) is 10.8. The molecule has 0 fully saturated rings. The van der Waals surface area contributed by atoms with Gasteiger partial charge in [-0.25, -0.2) is 9.59 Å². The summed E-state index contributed by atoms with van der Waals surface area (Å²) in [6.07, 6.45) is 0. The number of rotatable bonds is 4. The number of urea groups is 1. The lowest BCUT2D eigenvalue weighted by Crippen LogP contribution is -2.28. The summed E-state index contributed by atoms with van der Waals surface area (Å²) in [5.74, 6) is -0.979. The Morgan fingerprint density at radius 3 is 2.35 bits per heavy atom. The summed E-state index contributed by atoms with van der Waals surface area (Å²) in [6.45, 7) is 6.37. The van der Waals surface area contributed by atoms with Gasteiger partial charge in [0, 0.05) is 12.0 Å². The van der Waals surface area contributed by atoms with Crippen molar-refractivity contribution in [2.24, 2.45) is 0 Å². The highest BCUT2D eigenvalue weighted by atomic mass is 32.1. The van der Waals surface area contributed by atoms with Crippen molar-refractivity contribution in [3.05, 3.63) is 40.4 Å². The lowest BCUT2D eigenvalue weighted by Gasteiger charge is -2.12. The molecule has 3 N–H and O–H groups in total. The number of amides is 2. The fourth-order valence-corrected chi connectivity index (χ4v) is 2.46. The fraction of sp³-hybridized carbons (Fsp3) is 0.333. The van der Waals surface area contributed by atoms with Gasteiger partial charge in [-0.3, -0.25) is 5.32 Å². The second-order valence-corrected chi connectivity index (χ2v) is 6.95. The van der Waals surface area contributed by atoms with E-state index >= 15 is 0 Å². The number of nitrogens with zero attached hydrogens (tertiary/aromatic N) is 2. The summed E-state index contributed by atoms with van der Waals surface area (Å²) >= 11 is 1.34. The molecule has 0 aliphatic rings. The number of aromatic carboxylic acids is 1. The highest BCUT2D eigenvalue weighted by Crippen LogP contribution is 2.27. The Morgan fingerprint density at radius 2 is 1.83 bits per heavy atom. The second kappa shape index (κ2) is 6.74. The molecule has 2 rings (SSSR count). The van der Waals surface area contributed by atoms with Crippen LogP contribution in [0, 0.1) is 0 Å². The number of carboxylic acid groups (broad SMARTS) is 1. The number of carbonyl (C=O) groups is 2. The van der Waals surface area contributed by atoms with E-state index in [1.807, 2.05) is 20.8 Å². The molecule has 23 heavy (non-hydrogen) atoms. The molecule has 0 atom stereocenters. The molecule has 7 nitrogen and oxygen atoms in total. The topological polar surface area (TPSA) is 104 Å². The third-order valence-electron chi connectivity index (χ3n) is 2.94. The number of anilines is 1. The summed E-state index contributed by atoms with van der Waals surface area (Å²) in [7, 11) is 0. The van der Waals surface area contributed by atoms with Crippen LogP contribution in [-0.2, 0) is 12.0 Å². The number of hydrogen-bond donors (Lipinski definition) is 3. The molecule has 0 radical (unpaired) electrons. The van der Waals surface area contributed by atoms with E-state index in [1.54, 1.807) is 12.1 Å².